The molecule has 3 rings (SSSR count). The summed E-state index contributed by atoms with van der Waals surface area (Å²) in [5, 5.41) is 0. The number of benzene rings is 2. The van der Waals surface area contributed by atoms with Gasteiger partial charge in [-0.25, -0.2) is 0 Å². The fourth-order valence-electron chi connectivity index (χ4n) is 4.02. The maximum absolute atomic E-state index is 13.0. The molecule has 1 atom stereocenters. The highest BCUT2D eigenvalue weighted by Crippen LogP contribution is 2.31. The van der Waals surface area contributed by atoms with Gasteiger partial charge in [0.15, 0.2) is 0 Å². The average Bonchev–Trinajstić information content (AvgIpc) is 2.74. The van der Waals surface area contributed by atoms with Crippen LogP contribution < -0.4 is 4.90 Å². The van der Waals surface area contributed by atoms with E-state index in [2.05, 4.69) is 48.8 Å². The molecule has 1 fully saturated rings. The summed E-state index contributed by atoms with van der Waals surface area (Å²) in [6, 6.07) is 12.5. The van der Waals surface area contributed by atoms with Gasteiger partial charge in [0.25, 0.3) is 0 Å². The summed E-state index contributed by atoms with van der Waals surface area (Å²) in [6.45, 7) is 11.0. The number of hydrogen-bond acceptors (Lipinski definition) is 2. The van der Waals surface area contributed by atoms with E-state index in [-0.39, 0.29) is 12.4 Å². The summed E-state index contributed by atoms with van der Waals surface area (Å²) in [5.41, 5.74) is 4.29. The number of alkyl halides is 3. The van der Waals surface area contributed by atoms with Crippen LogP contribution in [0.2, 0.25) is 0 Å². The molecule has 0 saturated carbocycles. The zero-order chi connectivity index (χ0) is 21.7. The zero-order valence-electron chi connectivity index (χ0n) is 18.7. The van der Waals surface area contributed by atoms with Crippen molar-refractivity contribution in [2.75, 3.05) is 37.6 Å². The highest BCUT2D eigenvalue weighted by Gasteiger charge is 2.31. The van der Waals surface area contributed by atoms with E-state index in [1.54, 1.807) is 6.07 Å². The van der Waals surface area contributed by atoms with Gasteiger partial charge < -0.3 is 4.90 Å². The number of nitrogens with zero attached hydrogens (tertiary/aromatic N) is 2. The van der Waals surface area contributed by atoms with Crippen LogP contribution >= 0.6 is 12.4 Å². The third kappa shape index (κ3) is 7.15. The van der Waals surface area contributed by atoms with Crippen LogP contribution in [0.15, 0.2) is 42.5 Å². The molecule has 31 heavy (non-hydrogen) atoms. The molecular weight excluding hydrogens is 421 g/mol. The second-order valence-electron chi connectivity index (χ2n) is 8.61. The van der Waals surface area contributed by atoms with Crippen LogP contribution in [0.4, 0.5) is 18.9 Å². The van der Waals surface area contributed by atoms with Crippen molar-refractivity contribution in [1.29, 1.82) is 0 Å². The van der Waals surface area contributed by atoms with Gasteiger partial charge in [0.1, 0.15) is 0 Å². The van der Waals surface area contributed by atoms with E-state index in [0.717, 1.165) is 51.6 Å². The van der Waals surface area contributed by atoms with Crippen molar-refractivity contribution < 1.29 is 13.2 Å². The minimum atomic E-state index is -4.29. The molecule has 172 valence electrons. The van der Waals surface area contributed by atoms with Crippen molar-refractivity contribution in [3.05, 3.63) is 64.7 Å². The first-order valence-corrected chi connectivity index (χ1v) is 11.0. The highest BCUT2D eigenvalue weighted by molar-refractivity contribution is 5.85. The van der Waals surface area contributed by atoms with E-state index < -0.39 is 11.7 Å². The summed E-state index contributed by atoms with van der Waals surface area (Å²) in [6.07, 6.45) is -0.956. The standard InChI is InChI=1S/C25H33F3N2.ClH/c1-4-19(2)16-22-17-21(9-8-20(22)3)10-11-29-12-14-30(15-13-29)24-7-5-6-23(18-24)25(26,27)28;/h5-9,17-19H,4,10-16H2,1-3H3;1H. The van der Waals surface area contributed by atoms with Crippen molar-refractivity contribution in [2.24, 2.45) is 5.92 Å². The Morgan fingerprint density at radius 2 is 1.71 bits per heavy atom. The summed E-state index contributed by atoms with van der Waals surface area (Å²) >= 11 is 0. The third-order valence-electron chi connectivity index (χ3n) is 6.31. The van der Waals surface area contributed by atoms with E-state index in [4.69, 9.17) is 0 Å². The Morgan fingerprint density at radius 3 is 2.35 bits per heavy atom. The SMILES string of the molecule is CCC(C)Cc1cc(CCN2CCN(c3cccc(C(F)(F)F)c3)CC2)ccc1C.Cl. The lowest BCUT2D eigenvalue weighted by Gasteiger charge is -2.36. The van der Waals surface area contributed by atoms with Crippen molar-refractivity contribution in [2.45, 2.75) is 46.2 Å². The molecule has 0 aromatic heterocycles. The lowest BCUT2D eigenvalue weighted by molar-refractivity contribution is -0.137. The molecule has 2 nitrogen and oxygen atoms in total. The summed E-state index contributed by atoms with van der Waals surface area (Å²) < 4.78 is 38.9. The molecule has 1 unspecified atom stereocenters. The first-order chi connectivity index (χ1) is 14.3. The molecule has 1 heterocycles. The van der Waals surface area contributed by atoms with Crippen LogP contribution in [-0.4, -0.2) is 37.6 Å². The molecule has 2 aromatic rings. The van der Waals surface area contributed by atoms with Crippen molar-refractivity contribution in [3.8, 4) is 0 Å². The second kappa shape index (κ2) is 11.2. The van der Waals surface area contributed by atoms with Gasteiger partial charge in [-0.2, -0.15) is 13.2 Å². The molecule has 6 heteroatoms. The first kappa shape index (κ1) is 25.5. The Labute approximate surface area is 190 Å². The fourth-order valence-corrected chi connectivity index (χ4v) is 4.02. The van der Waals surface area contributed by atoms with Crippen molar-refractivity contribution in [3.63, 3.8) is 0 Å². The molecule has 0 spiro atoms. The maximum atomic E-state index is 13.0. The summed E-state index contributed by atoms with van der Waals surface area (Å²) in [7, 11) is 0. The molecule has 0 radical (unpaired) electrons. The predicted molar refractivity (Wildman–Crippen MR) is 125 cm³/mol. The number of anilines is 1. The molecule has 0 amide bonds. The normalized spacial score (nSPS) is 16.1. The van der Waals surface area contributed by atoms with Crippen LogP contribution in [0.1, 0.15) is 42.5 Å². The number of halogens is 4. The summed E-state index contributed by atoms with van der Waals surface area (Å²) in [4.78, 5) is 4.47. The average molecular weight is 455 g/mol. The molecule has 0 bridgehead atoms. The topological polar surface area (TPSA) is 6.48 Å². The first-order valence-electron chi connectivity index (χ1n) is 11.0. The molecular formula is C25H34ClF3N2. The van der Waals surface area contributed by atoms with Gasteiger partial charge in [-0.3, -0.25) is 4.90 Å². The zero-order valence-corrected chi connectivity index (χ0v) is 19.5. The molecule has 1 saturated heterocycles. The maximum Gasteiger partial charge on any atom is 0.416 e. The van der Waals surface area contributed by atoms with Gasteiger partial charge in [0.2, 0.25) is 0 Å². The summed E-state index contributed by atoms with van der Waals surface area (Å²) in [5.74, 6) is 0.697. The predicted octanol–water partition coefficient (Wildman–Crippen LogP) is 6.39. The molecule has 1 aliphatic heterocycles. The number of hydrogen-bond donors (Lipinski definition) is 0. The van der Waals surface area contributed by atoms with Crippen LogP contribution in [0.25, 0.3) is 0 Å². The van der Waals surface area contributed by atoms with Crippen molar-refractivity contribution in [1.82, 2.24) is 4.90 Å². The minimum absolute atomic E-state index is 0. The number of aryl methyl sites for hydroxylation is 1. The quantitative estimate of drug-likeness (QED) is 0.478. The number of rotatable bonds is 7. The number of piperazine rings is 1. The Balaban J connectivity index is 0.00000341. The van der Waals surface area contributed by atoms with Gasteiger partial charge in [0, 0.05) is 38.4 Å². The second-order valence-corrected chi connectivity index (χ2v) is 8.61. The van der Waals surface area contributed by atoms with Crippen LogP contribution in [-0.2, 0) is 19.0 Å². The lowest BCUT2D eigenvalue weighted by atomic mass is 9.93. The van der Waals surface area contributed by atoms with Crippen LogP contribution in [0.3, 0.4) is 0 Å². The van der Waals surface area contributed by atoms with Crippen LogP contribution in [0.5, 0.6) is 0 Å². The van der Waals surface area contributed by atoms with E-state index in [0.29, 0.717) is 11.6 Å². The molecule has 1 aliphatic rings. The highest BCUT2D eigenvalue weighted by atomic mass is 35.5. The Bertz CT molecular complexity index is 830. The van der Waals surface area contributed by atoms with Gasteiger partial charge in [-0.1, -0.05) is 44.5 Å². The molecule has 0 aliphatic carbocycles. The van der Waals surface area contributed by atoms with Crippen LogP contribution in [0, 0.1) is 12.8 Å². The molecule has 0 N–H and O–H groups in total. The molecule has 2 aromatic carbocycles. The van der Waals surface area contributed by atoms with E-state index in [1.165, 1.54) is 35.2 Å². The van der Waals surface area contributed by atoms with Gasteiger partial charge in [0.05, 0.1) is 5.56 Å². The lowest BCUT2D eigenvalue weighted by Crippen LogP contribution is -2.47. The smallest absolute Gasteiger partial charge is 0.369 e. The van der Waals surface area contributed by atoms with Gasteiger partial charge in [-0.15, -0.1) is 12.4 Å². The largest absolute Gasteiger partial charge is 0.416 e. The van der Waals surface area contributed by atoms with E-state index >= 15 is 0 Å². The van der Waals surface area contributed by atoms with Gasteiger partial charge in [-0.05, 0) is 60.6 Å². The Morgan fingerprint density at radius 1 is 1.00 bits per heavy atom. The van der Waals surface area contributed by atoms with Crippen molar-refractivity contribution >= 4 is 18.1 Å². The van der Waals surface area contributed by atoms with E-state index in [1.807, 2.05) is 0 Å². The van der Waals surface area contributed by atoms with E-state index in [9.17, 15) is 13.2 Å². The monoisotopic (exact) mass is 454 g/mol. The fraction of sp³-hybridized carbons (Fsp3) is 0.520. The Hall–Kier alpha value is -1.72. The minimum Gasteiger partial charge on any atom is -0.369 e. The van der Waals surface area contributed by atoms with Gasteiger partial charge >= 0.3 is 6.18 Å². The third-order valence-corrected chi connectivity index (χ3v) is 6.31. The Kier molecular flexibility index (Phi) is 9.26.